The second-order valence-corrected chi connectivity index (χ2v) is 8.38. The van der Waals surface area contributed by atoms with Gasteiger partial charge in [-0.2, -0.15) is 5.10 Å². The van der Waals surface area contributed by atoms with Crippen LogP contribution in [0.3, 0.4) is 0 Å². The van der Waals surface area contributed by atoms with Gasteiger partial charge in [0.1, 0.15) is 11.1 Å². The number of nitrogens with zero attached hydrogens (tertiary/aromatic N) is 2. The Balaban J connectivity index is 1.46. The first kappa shape index (κ1) is 19.9. The summed E-state index contributed by atoms with van der Waals surface area (Å²) in [6.45, 7) is 4.80. The molecule has 1 aromatic rings. The van der Waals surface area contributed by atoms with E-state index in [-0.39, 0.29) is 23.1 Å². The number of hydrogen-bond acceptors (Lipinski definition) is 6. The topological polar surface area (TPSA) is 108 Å². The lowest BCUT2D eigenvalue weighted by Crippen LogP contribution is -2.43. The average molecular weight is 399 g/mol. The van der Waals surface area contributed by atoms with Crippen LogP contribution in [0.2, 0.25) is 5.02 Å². The van der Waals surface area contributed by atoms with Gasteiger partial charge in [0.15, 0.2) is 0 Å². The van der Waals surface area contributed by atoms with Gasteiger partial charge in [-0.25, -0.2) is 9.89 Å². The Bertz CT molecular complexity index is 725. The van der Waals surface area contributed by atoms with Gasteiger partial charge in [0.25, 0.3) is 5.56 Å². The van der Waals surface area contributed by atoms with Crippen LogP contribution < -0.4 is 15.8 Å². The zero-order chi connectivity index (χ0) is 19.6. The molecule has 1 atom stereocenters. The zero-order valence-corrected chi connectivity index (χ0v) is 16.5. The second-order valence-electron chi connectivity index (χ2n) is 8.01. The standard InChI is InChI=1S/C18H27ClN4O4/c1-18(2,26)11-3-5-12(6-4-11)21-17(25)27-13-7-8-23(10-13)14-9-20-22-16(24)15(14)19/h9,11-13,26H,3-8,10H2,1-2H3,(H,21,25)(H,22,24)/t11-,12-,13-/m1/s1. The minimum Gasteiger partial charge on any atom is -0.444 e. The van der Waals surface area contributed by atoms with Gasteiger partial charge < -0.3 is 20.1 Å². The minimum absolute atomic E-state index is 0.0833. The van der Waals surface area contributed by atoms with E-state index in [2.05, 4.69) is 15.5 Å². The normalized spacial score (nSPS) is 26.1. The Kier molecular flexibility index (Phi) is 5.95. The molecule has 1 saturated heterocycles. The fourth-order valence-electron chi connectivity index (χ4n) is 3.93. The number of aromatic amines is 1. The fourth-order valence-corrected chi connectivity index (χ4v) is 4.14. The van der Waals surface area contributed by atoms with Gasteiger partial charge in [0.05, 0.1) is 24.0 Å². The molecule has 2 fully saturated rings. The summed E-state index contributed by atoms with van der Waals surface area (Å²) in [7, 11) is 0. The molecule has 0 aromatic carbocycles. The molecule has 2 aliphatic rings. The summed E-state index contributed by atoms with van der Waals surface area (Å²) < 4.78 is 5.54. The van der Waals surface area contributed by atoms with Crippen molar-refractivity contribution in [1.29, 1.82) is 0 Å². The highest BCUT2D eigenvalue weighted by molar-refractivity contribution is 6.33. The number of halogens is 1. The zero-order valence-electron chi connectivity index (χ0n) is 15.7. The van der Waals surface area contributed by atoms with Crippen molar-refractivity contribution in [3.8, 4) is 0 Å². The van der Waals surface area contributed by atoms with Gasteiger partial charge in [-0.15, -0.1) is 0 Å². The Morgan fingerprint density at radius 1 is 1.37 bits per heavy atom. The van der Waals surface area contributed by atoms with Gasteiger partial charge in [-0.05, 0) is 45.4 Å². The SMILES string of the molecule is CC(C)(O)[C@H]1CC[C@H](NC(=O)O[C@@H]2CCN(c3cn[nH]c(=O)c3Cl)C2)CC1. The van der Waals surface area contributed by atoms with E-state index >= 15 is 0 Å². The molecule has 1 aliphatic carbocycles. The van der Waals surface area contributed by atoms with E-state index in [1.807, 2.05) is 18.7 Å². The van der Waals surface area contributed by atoms with Gasteiger partial charge in [-0.3, -0.25) is 4.79 Å². The molecular formula is C18H27ClN4O4. The molecule has 150 valence electrons. The lowest BCUT2D eigenvalue weighted by molar-refractivity contribution is -0.00303. The van der Waals surface area contributed by atoms with Crippen molar-refractivity contribution in [1.82, 2.24) is 15.5 Å². The smallest absolute Gasteiger partial charge is 0.407 e. The molecule has 0 spiro atoms. The molecule has 3 rings (SSSR count). The Labute approximate surface area is 163 Å². The maximum atomic E-state index is 12.2. The van der Waals surface area contributed by atoms with Crippen LogP contribution in [0.15, 0.2) is 11.0 Å². The minimum atomic E-state index is -0.673. The third kappa shape index (κ3) is 4.93. The van der Waals surface area contributed by atoms with Crippen LogP contribution >= 0.6 is 11.6 Å². The number of anilines is 1. The number of rotatable bonds is 4. The van der Waals surface area contributed by atoms with E-state index in [1.165, 1.54) is 6.20 Å². The Hall–Kier alpha value is -1.80. The molecule has 1 aliphatic heterocycles. The van der Waals surface area contributed by atoms with E-state index in [9.17, 15) is 14.7 Å². The van der Waals surface area contributed by atoms with Crippen molar-refractivity contribution in [3.63, 3.8) is 0 Å². The van der Waals surface area contributed by atoms with Gasteiger partial charge in [-0.1, -0.05) is 11.6 Å². The lowest BCUT2D eigenvalue weighted by atomic mass is 9.77. The fraction of sp³-hybridized carbons (Fsp3) is 0.722. The highest BCUT2D eigenvalue weighted by Gasteiger charge is 2.33. The summed E-state index contributed by atoms with van der Waals surface area (Å²) in [4.78, 5) is 25.7. The van der Waals surface area contributed by atoms with E-state index < -0.39 is 17.3 Å². The first-order valence-corrected chi connectivity index (χ1v) is 9.79. The largest absolute Gasteiger partial charge is 0.444 e. The summed E-state index contributed by atoms with van der Waals surface area (Å²) in [5.74, 6) is 0.266. The third-order valence-electron chi connectivity index (χ3n) is 5.58. The summed E-state index contributed by atoms with van der Waals surface area (Å²) in [5.41, 5.74) is -0.552. The molecule has 0 radical (unpaired) electrons. The molecule has 8 nitrogen and oxygen atoms in total. The summed E-state index contributed by atoms with van der Waals surface area (Å²) in [5, 5.41) is 19.2. The lowest BCUT2D eigenvalue weighted by Gasteiger charge is -2.35. The molecule has 27 heavy (non-hydrogen) atoms. The van der Waals surface area contributed by atoms with Gasteiger partial charge >= 0.3 is 6.09 Å². The van der Waals surface area contributed by atoms with Crippen LogP contribution in [0.1, 0.15) is 46.0 Å². The monoisotopic (exact) mass is 398 g/mol. The number of nitrogens with one attached hydrogen (secondary N) is 2. The van der Waals surface area contributed by atoms with Gasteiger partial charge in [0, 0.05) is 19.0 Å². The maximum Gasteiger partial charge on any atom is 0.407 e. The van der Waals surface area contributed by atoms with E-state index in [1.54, 1.807) is 0 Å². The molecular weight excluding hydrogens is 372 g/mol. The number of amides is 1. The van der Waals surface area contributed by atoms with Crippen molar-refractivity contribution in [3.05, 3.63) is 21.6 Å². The molecule has 1 aromatic heterocycles. The molecule has 9 heteroatoms. The van der Waals surface area contributed by atoms with Crippen LogP contribution in [0, 0.1) is 5.92 Å². The van der Waals surface area contributed by atoms with Crippen LogP contribution in [0.5, 0.6) is 0 Å². The third-order valence-corrected chi connectivity index (χ3v) is 5.95. The Morgan fingerprint density at radius 3 is 2.74 bits per heavy atom. The number of carbonyl (C=O) groups is 1. The van der Waals surface area contributed by atoms with Crippen molar-refractivity contribution in [2.45, 2.75) is 63.7 Å². The van der Waals surface area contributed by atoms with Crippen LogP contribution in [0.4, 0.5) is 10.5 Å². The summed E-state index contributed by atoms with van der Waals surface area (Å²) >= 11 is 6.04. The first-order valence-electron chi connectivity index (χ1n) is 9.41. The molecule has 0 bridgehead atoms. The highest BCUT2D eigenvalue weighted by Crippen LogP contribution is 2.32. The van der Waals surface area contributed by atoms with Crippen LogP contribution in [-0.2, 0) is 4.74 Å². The Morgan fingerprint density at radius 2 is 2.07 bits per heavy atom. The molecule has 2 heterocycles. The number of aliphatic hydroxyl groups is 1. The first-order chi connectivity index (χ1) is 12.7. The molecule has 1 saturated carbocycles. The van der Waals surface area contributed by atoms with Crippen molar-refractivity contribution >= 4 is 23.4 Å². The maximum absolute atomic E-state index is 12.2. The second kappa shape index (κ2) is 8.06. The number of aromatic nitrogens is 2. The van der Waals surface area contributed by atoms with Crippen molar-refractivity contribution < 1.29 is 14.6 Å². The molecule has 0 unspecified atom stereocenters. The number of H-pyrrole nitrogens is 1. The predicted molar refractivity (Wildman–Crippen MR) is 102 cm³/mol. The van der Waals surface area contributed by atoms with Crippen molar-refractivity contribution in [2.24, 2.45) is 5.92 Å². The number of alkyl carbamates (subject to hydrolysis) is 1. The molecule has 1 amide bonds. The van der Waals surface area contributed by atoms with Crippen molar-refractivity contribution in [2.75, 3.05) is 18.0 Å². The number of carbonyl (C=O) groups excluding carboxylic acids is 1. The van der Waals surface area contributed by atoms with E-state index in [0.29, 0.717) is 25.2 Å². The summed E-state index contributed by atoms with van der Waals surface area (Å²) in [6.07, 6.45) is 4.97. The number of hydrogen-bond donors (Lipinski definition) is 3. The van der Waals surface area contributed by atoms with Gasteiger partial charge in [0.2, 0.25) is 0 Å². The average Bonchev–Trinajstić information content (AvgIpc) is 3.05. The van der Waals surface area contributed by atoms with Crippen LogP contribution in [0.25, 0.3) is 0 Å². The summed E-state index contributed by atoms with van der Waals surface area (Å²) in [6, 6.07) is 0.0833. The highest BCUT2D eigenvalue weighted by atomic mass is 35.5. The van der Waals surface area contributed by atoms with Crippen LogP contribution in [-0.4, -0.2) is 52.2 Å². The quantitative estimate of drug-likeness (QED) is 0.716. The van der Waals surface area contributed by atoms with E-state index in [0.717, 1.165) is 25.7 Å². The van der Waals surface area contributed by atoms with E-state index in [4.69, 9.17) is 16.3 Å². The number of ether oxygens (including phenoxy) is 1. The predicted octanol–water partition coefficient (Wildman–Crippen LogP) is 2.06. The molecule has 3 N–H and O–H groups in total.